The maximum Gasteiger partial charge on any atom is 0.335 e. The average Bonchev–Trinajstić information content (AvgIpc) is 2.14. The fourth-order valence-electron chi connectivity index (χ4n) is 1.24. The van der Waals surface area contributed by atoms with Crippen LogP contribution in [0.25, 0.3) is 0 Å². The molecular weight excluding hydrogens is 184 g/mol. The van der Waals surface area contributed by atoms with Crippen LogP contribution in [0.15, 0.2) is 12.2 Å². The van der Waals surface area contributed by atoms with Crippen molar-refractivity contribution in [2.24, 2.45) is 5.41 Å². The van der Waals surface area contributed by atoms with Gasteiger partial charge in [0, 0.05) is 5.57 Å². The fraction of sp³-hybridized carbons (Fsp3) is 0.700. The third kappa shape index (κ3) is 1.81. The summed E-state index contributed by atoms with van der Waals surface area (Å²) in [6, 6.07) is 0. The largest absolute Gasteiger partial charge is 0.432 e. The van der Waals surface area contributed by atoms with Crippen LogP contribution in [0.2, 0.25) is 0 Å². The summed E-state index contributed by atoms with van der Waals surface area (Å²) >= 11 is 0. The lowest BCUT2D eigenvalue weighted by Gasteiger charge is -2.46. The molecule has 80 valence electrons. The van der Waals surface area contributed by atoms with Crippen LogP contribution in [0, 0.1) is 5.41 Å². The smallest absolute Gasteiger partial charge is 0.335 e. The lowest BCUT2D eigenvalue weighted by atomic mass is 9.82. The van der Waals surface area contributed by atoms with Gasteiger partial charge in [-0.3, -0.25) is 0 Å². The number of carbonyl (C=O) groups excluding carboxylic acids is 1. The van der Waals surface area contributed by atoms with Crippen molar-refractivity contribution in [3.63, 3.8) is 0 Å². The highest BCUT2D eigenvalue weighted by atomic mass is 16.7. The van der Waals surface area contributed by atoms with E-state index in [-0.39, 0.29) is 6.61 Å². The molecule has 4 heteroatoms. The molecule has 1 rings (SSSR count). The Morgan fingerprint density at radius 1 is 1.79 bits per heavy atom. The van der Waals surface area contributed by atoms with Gasteiger partial charge >= 0.3 is 5.97 Å². The summed E-state index contributed by atoms with van der Waals surface area (Å²) in [4.78, 5) is 11.2. The minimum atomic E-state index is -0.623. The number of aliphatic hydroxyl groups is 1. The van der Waals surface area contributed by atoms with Crippen LogP contribution in [-0.4, -0.2) is 30.6 Å². The third-order valence-corrected chi connectivity index (χ3v) is 2.60. The van der Waals surface area contributed by atoms with Crippen LogP contribution in [0.5, 0.6) is 0 Å². The Labute approximate surface area is 83.5 Å². The van der Waals surface area contributed by atoms with Gasteiger partial charge < -0.3 is 14.6 Å². The molecule has 2 unspecified atom stereocenters. The van der Waals surface area contributed by atoms with Crippen LogP contribution in [0.1, 0.15) is 20.3 Å². The summed E-state index contributed by atoms with van der Waals surface area (Å²) in [7, 11) is 0. The number of esters is 1. The molecule has 0 saturated carbocycles. The molecule has 1 aliphatic heterocycles. The fourth-order valence-corrected chi connectivity index (χ4v) is 1.24. The van der Waals surface area contributed by atoms with E-state index in [2.05, 4.69) is 6.58 Å². The van der Waals surface area contributed by atoms with Crippen molar-refractivity contribution >= 4 is 5.97 Å². The van der Waals surface area contributed by atoms with Gasteiger partial charge in [0.25, 0.3) is 0 Å². The SMILES string of the molecule is C=C(C)C(=O)OC1OCC1(CC)CO. The Morgan fingerprint density at radius 2 is 2.43 bits per heavy atom. The van der Waals surface area contributed by atoms with Gasteiger partial charge in [0.05, 0.1) is 18.6 Å². The summed E-state index contributed by atoms with van der Waals surface area (Å²) in [6.45, 7) is 7.39. The van der Waals surface area contributed by atoms with Gasteiger partial charge in [-0.2, -0.15) is 0 Å². The first-order valence-corrected chi connectivity index (χ1v) is 4.64. The van der Waals surface area contributed by atoms with Crippen molar-refractivity contribution in [1.82, 2.24) is 0 Å². The van der Waals surface area contributed by atoms with Gasteiger partial charge in [-0.25, -0.2) is 4.79 Å². The van der Waals surface area contributed by atoms with Gasteiger partial charge in [0.15, 0.2) is 0 Å². The van der Waals surface area contributed by atoms with E-state index in [9.17, 15) is 4.79 Å². The highest BCUT2D eigenvalue weighted by molar-refractivity contribution is 5.87. The molecule has 0 amide bonds. The molecule has 4 nitrogen and oxygen atoms in total. The summed E-state index contributed by atoms with van der Waals surface area (Å²) in [5.41, 5.74) is -0.0751. The molecule has 0 aromatic rings. The van der Waals surface area contributed by atoms with Crippen molar-refractivity contribution in [3.05, 3.63) is 12.2 Å². The van der Waals surface area contributed by atoms with E-state index in [4.69, 9.17) is 14.6 Å². The normalized spacial score (nSPS) is 30.6. The predicted molar refractivity (Wildman–Crippen MR) is 50.5 cm³/mol. The van der Waals surface area contributed by atoms with Crippen LogP contribution in [-0.2, 0) is 14.3 Å². The molecular formula is C10H16O4. The monoisotopic (exact) mass is 200 g/mol. The van der Waals surface area contributed by atoms with Crippen molar-refractivity contribution < 1.29 is 19.4 Å². The first-order chi connectivity index (χ1) is 6.55. The molecule has 2 atom stereocenters. The van der Waals surface area contributed by atoms with Gasteiger partial charge in [0.1, 0.15) is 0 Å². The quantitative estimate of drug-likeness (QED) is 0.540. The van der Waals surface area contributed by atoms with E-state index >= 15 is 0 Å². The van der Waals surface area contributed by atoms with Crippen molar-refractivity contribution in [3.8, 4) is 0 Å². The zero-order valence-corrected chi connectivity index (χ0v) is 8.58. The molecule has 1 heterocycles. The average molecular weight is 200 g/mol. The maximum absolute atomic E-state index is 11.2. The Hall–Kier alpha value is -0.870. The summed E-state index contributed by atoms with van der Waals surface area (Å²) in [5.74, 6) is -0.471. The molecule has 0 aromatic carbocycles. The Bertz CT molecular complexity index is 237. The number of aliphatic hydroxyl groups excluding tert-OH is 1. The lowest BCUT2D eigenvalue weighted by Crippen LogP contribution is -2.56. The molecule has 14 heavy (non-hydrogen) atoms. The summed E-state index contributed by atoms with van der Waals surface area (Å²) in [5, 5.41) is 9.16. The molecule has 1 fully saturated rings. The summed E-state index contributed by atoms with van der Waals surface area (Å²) < 4.78 is 10.1. The Balaban J connectivity index is 2.54. The van der Waals surface area contributed by atoms with Gasteiger partial charge in [-0.1, -0.05) is 13.5 Å². The second kappa shape index (κ2) is 4.11. The van der Waals surface area contributed by atoms with E-state index in [1.807, 2.05) is 6.92 Å². The molecule has 1 N–H and O–H groups in total. The van der Waals surface area contributed by atoms with Gasteiger partial charge in [-0.05, 0) is 13.3 Å². The van der Waals surface area contributed by atoms with E-state index in [0.717, 1.165) is 6.42 Å². The van der Waals surface area contributed by atoms with E-state index in [0.29, 0.717) is 12.2 Å². The third-order valence-electron chi connectivity index (χ3n) is 2.60. The zero-order chi connectivity index (χ0) is 10.8. The van der Waals surface area contributed by atoms with Gasteiger partial charge in [-0.15, -0.1) is 0 Å². The Morgan fingerprint density at radius 3 is 2.71 bits per heavy atom. The highest BCUT2D eigenvalue weighted by Crippen LogP contribution is 2.38. The number of rotatable bonds is 4. The molecule has 0 aromatic heterocycles. The molecule has 1 saturated heterocycles. The number of hydrogen-bond acceptors (Lipinski definition) is 4. The molecule has 0 bridgehead atoms. The lowest BCUT2D eigenvalue weighted by molar-refractivity contribution is -0.304. The molecule has 0 aliphatic carbocycles. The topological polar surface area (TPSA) is 55.8 Å². The minimum absolute atomic E-state index is 0.0301. The van der Waals surface area contributed by atoms with E-state index in [1.165, 1.54) is 0 Å². The molecule has 1 aliphatic rings. The second-order valence-corrected chi connectivity index (χ2v) is 3.70. The van der Waals surface area contributed by atoms with E-state index in [1.54, 1.807) is 6.92 Å². The zero-order valence-electron chi connectivity index (χ0n) is 8.58. The van der Waals surface area contributed by atoms with Crippen LogP contribution in [0.3, 0.4) is 0 Å². The highest BCUT2D eigenvalue weighted by Gasteiger charge is 2.49. The van der Waals surface area contributed by atoms with Crippen LogP contribution < -0.4 is 0 Å². The predicted octanol–water partition coefficient (Wildman–Crippen LogP) is 0.851. The first kappa shape index (κ1) is 11.2. The van der Waals surface area contributed by atoms with Crippen molar-refractivity contribution in [2.75, 3.05) is 13.2 Å². The number of hydrogen-bond donors (Lipinski definition) is 1. The molecule has 0 radical (unpaired) electrons. The van der Waals surface area contributed by atoms with Crippen molar-refractivity contribution in [1.29, 1.82) is 0 Å². The molecule has 0 spiro atoms. The van der Waals surface area contributed by atoms with Crippen LogP contribution in [0.4, 0.5) is 0 Å². The number of ether oxygens (including phenoxy) is 2. The Kier molecular flexibility index (Phi) is 3.29. The maximum atomic E-state index is 11.2. The minimum Gasteiger partial charge on any atom is -0.432 e. The number of carbonyl (C=O) groups is 1. The van der Waals surface area contributed by atoms with Crippen molar-refractivity contribution in [2.45, 2.75) is 26.6 Å². The first-order valence-electron chi connectivity index (χ1n) is 4.64. The summed E-state index contributed by atoms with van der Waals surface area (Å²) in [6.07, 6.45) is 0.0965. The standard InChI is InChI=1S/C10H16O4/c1-4-10(5-11)6-13-9(10)14-8(12)7(2)3/h9,11H,2,4-6H2,1,3H3. The van der Waals surface area contributed by atoms with Gasteiger partial charge in [0.2, 0.25) is 6.29 Å². The van der Waals surface area contributed by atoms with E-state index < -0.39 is 17.7 Å². The second-order valence-electron chi connectivity index (χ2n) is 3.70. The van der Waals surface area contributed by atoms with Crippen LogP contribution >= 0.6 is 0 Å².